The first kappa shape index (κ1) is 22.8. The Balaban J connectivity index is 2.11. The first-order chi connectivity index (χ1) is 14.5. The van der Waals surface area contributed by atoms with Gasteiger partial charge in [0.05, 0.1) is 5.30 Å². The molecule has 1 atom stereocenters. The van der Waals surface area contributed by atoms with Gasteiger partial charge in [0, 0.05) is 16.7 Å². The van der Waals surface area contributed by atoms with Gasteiger partial charge in [-0.3, -0.25) is 14.2 Å². The van der Waals surface area contributed by atoms with E-state index in [0.717, 1.165) is 38.9 Å². The topological polar surface area (TPSA) is 51.2 Å². The molecule has 0 bridgehead atoms. The molecule has 0 saturated heterocycles. The highest BCUT2D eigenvalue weighted by Crippen LogP contribution is 2.34. The van der Waals surface area contributed by atoms with E-state index in [1.807, 2.05) is 66.7 Å². The smallest absolute Gasteiger partial charge is 0.247 e. The van der Waals surface area contributed by atoms with Gasteiger partial charge in [-0.2, -0.15) is 0 Å². The molecule has 3 aromatic carbocycles. The average Bonchev–Trinajstić information content (AvgIpc) is 2.70. The zero-order chi connectivity index (χ0) is 23.0. The lowest BCUT2D eigenvalue weighted by atomic mass is 9.93. The Labute approximate surface area is 185 Å². The van der Waals surface area contributed by atoms with Crippen LogP contribution in [0.2, 0.25) is 0 Å². The minimum Gasteiger partial charge on any atom is -0.289 e. The number of ketones is 1. The lowest BCUT2D eigenvalue weighted by Crippen LogP contribution is -2.18. The quantitative estimate of drug-likeness (QED) is 0.348. The van der Waals surface area contributed by atoms with Crippen molar-refractivity contribution in [1.82, 2.24) is 0 Å². The summed E-state index contributed by atoms with van der Waals surface area (Å²) < 4.78 is 13.5. The normalized spacial score (nSPS) is 11.4. The molecule has 159 valence electrons. The predicted molar refractivity (Wildman–Crippen MR) is 127 cm³/mol. The van der Waals surface area contributed by atoms with Crippen molar-refractivity contribution in [2.75, 3.05) is 0 Å². The fourth-order valence-corrected chi connectivity index (χ4v) is 5.72. The molecule has 31 heavy (non-hydrogen) atoms. The molecule has 0 spiro atoms. The number of carbonyl (C=O) groups is 2. The highest BCUT2D eigenvalue weighted by atomic mass is 31.1. The first-order valence-electron chi connectivity index (χ1n) is 10.3. The maximum atomic E-state index is 13.5. The summed E-state index contributed by atoms with van der Waals surface area (Å²) in [7, 11) is -2.45. The zero-order valence-corrected chi connectivity index (χ0v) is 20.1. The molecule has 1 unspecified atom stereocenters. The van der Waals surface area contributed by atoms with Gasteiger partial charge in [-0.1, -0.05) is 35.9 Å². The van der Waals surface area contributed by atoms with Crippen LogP contribution in [0.5, 0.6) is 0 Å². The molecule has 0 aromatic heterocycles. The predicted octanol–water partition coefficient (Wildman–Crippen LogP) is 6.37. The van der Waals surface area contributed by atoms with Crippen LogP contribution in [0.1, 0.15) is 65.2 Å². The second kappa shape index (κ2) is 8.69. The van der Waals surface area contributed by atoms with Gasteiger partial charge in [-0.15, -0.1) is 0 Å². The van der Waals surface area contributed by atoms with Crippen LogP contribution in [0.4, 0.5) is 0 Å². The van der Waals surface area contributed by atoms with Gasteiger partial charge in [0.1, 0.15) is 0 Å². The van der Waals surface area contributed by atoms with Crippen LogP contribution in [0, 0.1) is 48.5 Å². The maximum Gasteiger partial charge on any atom is 0.247 e. The zero-order valence-electron chi connectivity index (χ0n) is 19.2. The highest BCUT2D eigenvalue weighted by Gasteiger charge is 2.27. The largest absolute Gasteiger partial charge is 0.289 e. The Morgan fingerprint density at radius 2 is 1.23 bits per heavy atom. The number of benzene rings is 3. The van der Waals surface area contributed by atoms with Crippen molar-refractivity contribution in [2.24, 2.45) is 0 Å². The third kappa shape index (κ3) is 4.16. The third-order valence-electron chi connectivity index (χ3n) is 6.03. The van der Waals surface area contributed by atoms with Crippen LogP contribution in [-0.2, 0) is 4.57 Å². The third-order valence-corrected chi connectivity index (χ3v) is 7.45. The van der Waals surface area contributed by atoms with Crippen molar-refractivity contribution in [1.29, 1.82) is 0 Å². The average molecular weight is 431 g/mol. The van der Waals surface area contributed by atoms with Crippen molar-refractivity contribution < 1.29 is 14.2 Å². The molecule has 0 N–H and O–H groups in total. The molecule has 3 nitrogen and oxygen atoms in total. The van der Waals surface area contributed by atoms with E-state index < -0.39 is 13.3 Å². The van der Waals surface area contributed by atoms with E-state index in [4.69, 9.17) is 0 Å². The van der Waals surface area contributed by atoms with E-state index in [-0.39, 0.29) is 5.78 Å². The molecule has 4 heteroatoms. The van der Waals surface area contributed by atoms with Crippen molar-refractivity contribution in [3.05, 3.63) is 98.1 Å². The Morgan fingerprint density at radius 3 is 1.84 bits per heavy atom. The number of rotatable bonds is 5. The summed E-state index contributed by atoms with van der Waals surface area (Å²) in [6.45, 7) is 13.5. The molecule has 3 rings (SSSR count). The molecule has 0 heterocycles. The van der Waals surface area contributed by atoms with E-state index in [2.05, 4.69) is 0 Å². The second-order valence-corrected chi connectivity index (χ2v) is 9.83. The van der Waals surface area contributed by atoms with Gasteiger partial charge < -0.3 is 0 Å². The number of hydrogen-bond donors (Lipinski definition) is 0. The van der Waals surface area contributed by atoms with Gasteiger partial charge >= 0.3 is 0 Å². The van der Waals surface area contributed by atoms with E-state index >= 15 is 0 Å². The van der Waals surface area contributed by atoms with E-state index in [1.54, 1.807) is 24.3 Å². The molecule has 0 amide bonds. The van der Waals surface area contributed by atoms with Gasteiger partial charge in [-0.05, 0) is 94.0 Å². The van der Waals surface area contributed by atoms with Gasteiger partial charge in [0.2, 0.25) is 5.52 Å². The summed E-state index contributed by atoms with van der Waals surface area (Å²) in [6.07, 6.45) is 0. The lowest BCUT2D eigenvalue weighted by Gasteiger charge is -2.15. The molecule has 0 aliphatic carbocycles. The number of carbonyl (C=O) groups excluding carboxylic acids is 2. The van der Waals surface area contributed by atoms with Gasteiger partial charge in [-0.25, -0.2) is 0 Å². The summed E-state index contributed by atoms with van der Waals surface area (Å²) >= 11 is 0. The Hall–Kier alpha value is -2.90. The van der Waals surface area contributed by atoms with Crippen LogP contribution in [-0.4, -0.2) is 11.3 Å². The molecular formula is C27H28O3P. The summed E-state index contributed by atoms with van der Waals surface area (Å²) in [5.74, 6) is -0.199. The van der Waals surface area contributed by atoms with Crippen LogP contribution in [0.3, 0.4) is 0 Å². The van der Waals surface area contributed by atoms with Crippen LogP contribution >= 0.6 is 7.80 Å². The standard InChI is InChI=1S/C27H28O3P/c1-15-12-17(3)24(18(4)13-15)26(28)22-10-8-9-11-23(22)31(30)27(29)25-19(5)14-16(2)20(6)21(25)7/h8-14H,1-7H3. The summed E-state index contributed by atoms with van der Waals surface area (Å²) in [4.78, 5) is 26.8. The van der Waals surface area contributed by atoms with Crippen LogP contribution < -0.4 is 5.30 Å². The maximum absolute atomic E-state index is 13.5. The van der Waals surface area contributed by atoms with Gasteiger partial charge in [0.15, 0.2) is 13.6 Å². The second-order valence-electron chi connectivity index (χ2n) is 8.35. The molecular weight excluding hydrogens is 403 g/mol. The molecule has 0 aliphatic rings. The summed E-state index contributed by atoms with van der Waals surface area (Å²) in [6, 6.07) is 12.7. The SMILES string of the molecule is Cc1cc(C)c(C(=O)c2ccccc2[P](=O)C(=O)c2c(C)cc(C)c(C)c2C)c(C)c1. The van der Waals surface area contributed by atoms with Crippen molar-refractivity contribution in [3.63, 3.8) is 0 Å². The molecule has 3 aromatic rings. The van der Waals surface area contributed by atoms with Crippen LogP contribution in [0.15, 0.2) is 42.5 Å². The highest BCUT2D eigenvalue weighted by molar-refractivity contribution is 7.71. The van der Waals surface area contributed by atoms with E-state index in [9.17, 15) is 14.2 Å². The Bertz CT molecular complexity index is 1230. The van der Waals surface area contributed by atoms with Crippen molar-refractivity contribution in [2.45, 2.75) is 48.5 Å². The molecule has 0 fully saturated rings. The lowest BCUT2D eigenvalue weighted by molar-refractivity contribution is 0.103. The number of hydrogen-bond acceptors (Lipinski definition) is 3. The van der Waals surface area contributed by atoms with E-state index in [0.29, 0.717) is 22.0 Å². The fourth-order valence-electron chi connectivity index (χ4n) is 4.34. The minimum atomic E-state index is -2.45. The summed E-state index contributed by atoms with van der Waals surface area (Å²) in [5.41, 5.74) is 7.61. The fraction of sp³-hybridized carbons (Fsp3) is 0.259. The molecule has 0 aliphatic heterocycles. The van der Waals surface area contributed by atoms with Crippen LogP contribution in [0.25, 0.3) is 0 Å². The van der Waals surface area contributed by atoms with Gasteiger partial charge in [0.25, 0.3) is 0 Å². The number of aryl methyl sites for hydroxylation is 5. The summed E-state index contributed by atoms with van der Waals surface area (Å²) in [5, 5.41) is 0.295. The van der Waals surface area contributed by atoms with Crippen molar-refractivity contribution >= 4 is 24.4 Å². The first-order valence-corrected chi connectivity index (χ1v) is 11.6. The van der Waals surface area contributed by atoms with E-state index in [1.165, 1.54) is 0 Å². The van der Waals surface area contributed by atoms with Crippen molar-refractivity contribution in [3.8, 4) is 0 Å². The molecule has 1 radical (unpaired) electrons. The Kier molecular flexibility index (Phi) is 6.38. The Morgan fingerprint density at radius 1 is 0.677 bits per heavy atom. The molecule has 0 saturated carbocycles. The minimum absolute atomic E-state index is 0.199. The monoisotopic (exact) mass is 431 g/mol.